The van der Waals surface area contributed by atoms with E-state index < -0.39 is 42.0 Å². The normalized spacial score (nSPS) is 18.9. The zero-order valence-electron chi connectivity index (χ0n) is 18.2. The van der Waals surface area contributed by atoms with Gasteiger partial charge in [0, 0.05) is 13.0 Å². The van der Waals surface area contributed by atoms with Crippen molar-refractivity contribution in [2.75, 3.05) is 6.54 Å². The molecule has 0 unspecified atom stereocenters. The molecule has 1 aromatic rings. The van der Waals surface area contributed by atoms with Crippen LogP contribution < -0.4 is 16.4 Å². The summed E-state index contributed by atoms with van der Waals surface area (Å²) in [6.45, 7) is 5.61. The van der Waals surface area contributed by atoms with Crippen LogP contribution >= 0.6 is 0 Å². The minimum Gasteiger partial charge on any atom is -0.480 e. The second kappa shape index (κ2) is 10.9. The summed E-state index contributed by atoms with van der Waals surface area (Å²) in [5.41, 5.74) is 6.73. The van der Waals surface area contributed by atoms with Crippen LogP contribution in [0.3, 0.4) is 0 Å². The van der Waals surface area contributed by atoms with Gasteiger partial charge in [-0.1, -0.05) is 44.2 Å². The van der Waals surface area contributed by atoms with Crippen molar-refractivity contribution >= 4 is 23.7 Å². The van der Waals surface area contributed by atoms with Crippen LogP contribution in [0.4, 0.5) is 0 Å². The molecule has 9 nitrogen and oxygen atoms in total. The second-order valence-electron chi connectivity index (χ2n) is 8.28. The van der Waals surface area contributed by atoms with E-state index in [2.05, 4.69) is 10.6 Å². The van der Waals surface area contributed by atoms with Crippen molar-refractivity contribution < 1.29 is 24.3 Å². The summed E-state index contributed by atoms with van der Waals surface area (Å²) in [6, 6.07) is 5.50. The molecule has 0 radical (unpaired) electrons. The molecule has 1 aromatic carbocycles. The summed E-state index contributed by atoms with van der Waals surface area (Å²) < 4.78 is 0. The first kappa shape index (κ1) is 24.3. The number of nitrogens with zero attached hydrogens (tertiary/aromatic N) is 1. The van der Waals surface area contributed by atoms with Crippen molar-refractivity contribution in [3.63, 3.8) is 0 Å². The zero-order chi connectivity index (χ0) is 23.1. The highest BCUT2D eigenvalue weighted by molar-refractivity contribution is 5.94. The Morgan fingerprint density at radius 2 is 1.77 bits per heavy atom. The summed E-state index contributed by atoms with van der Waals surface area (Å²) in [5, 5.41) is 14.5. The summed E-state index contributed by atoms with van der Waals surface area (Å²) in [6.07, 6.45) is 1.29. The monoisotopic (exact) mass is 432 g/mol. The van der Waals surface area contributed by atoms with Crippen LogP contribution in [0, 0.1) is 5.92 Å². The Bertz CT molecular complexity index is 798. The maximum absolute atomic E-state index is 12.7. The Kier molecular flexibility index (Phi) is 8.56. The maximum Gasteiger partial charge on any atom is 0.326 e. The molecule has 0 aromatic heterocycles. The van der Waals surface area contributed by atoms with Gasteiger partial charge in [-0.3, -0.25) is 14.4 Å². The van der Waals surface area contributed by atoms with Gasteiger partial charge in [0.05, 0.1) is 6.04 Å². The molecule has 1 fully saturated rings. The number of nitrogens with one attached hydrogen (secondary N) is 2. The predicted octanol–water partition coefficient (Wildman–Crippen LogP) is 0.278. The summed E-state index contributed by atoms with van der Waals surface area (Å²) in [7, 11) is 0. The molecule has 1 saturated heterocycles. The Morgan fingerprint density at radius 3 is 2.35 bits per heavy atom. The van der Waals surface area contributed by atoms with E-state index >= 15 is 0 Å². The molecule has 4 atom stereocenters. The third-order valence-electron chi connectivity index (χ3n) is 5.49. The third-order valence-corrected chi connectivity index (χ3v) is 5.49. The van der Waals surface area contributed by atoms with E-state index in [1.54, 1.807) is 24.3 Å². The van der Waals surface area contributed by atoms with Crippen molar-refractivity contribution in [3.8, 4) is 0 Å². The smallest absolute Gasteiger partial charge is 0.326 e. The van der Waals surface area contributed by atoms with Gasteiger partial charge in [-0.25, -0.2) is 4.79 Å². The molecule has 1 aliphatic rings. The number of likely N-dealkylation sites (tertiary alicyclic amines) is 1. The van der Waals surface area contributed by atoms with E-state index in [1.807, 2.05) is 19.9 Å². The van der Waals surface area contributed by atoms with E-state index in [-0.39, 0.29) is 18.2 Å². The van der Waals surface area contributed by atoms with E-state index in [0.29, 0.717) is 19.4 Å². The maximum atomic E-state index is 12.7. The van der Waals surface area contributed by atoms with Gasteiger partial charge in [0.1, 0.15) is 18.1 Å². The first-order chi connectivity index (χ1) is 14.6. The van der Waals surface area contributed by atoms with Crippen LogP contribution in [0.1, 0.15) is 39.2 Å². The van der Waals surface area contributed by atoms with E-state index in [9.17, 15) is 24.3 Å². The highest BCUT2D eigenvalue weighted by Crippen LogP contribution is 2.20. The molecule has 3 amide bonds. The molecular weight excluding hydrogens is 400 g/mol. The molecule has 31 heavy (non-hydrogen) atoms. The molecule has 2 rings (SSSR count). The minimum absolute atomic E-state index is 0.0564. The Balaban J connectivity index is 1.96. The highest BCUT2D eigenvalue weighted by atomic mass is 16.4. The first-order valence-corrected chi connectivity index (χ1v) is 10.5. The fourth-order valence-electron chi connectivity index (χ4n) is 3.50. The summed E-state index contributed by atoms with van der Waals surface area (Å²) in [4.78, 5) is 50.9. The molecule has 9 heteroatoms. The molecule has 5 N–H and O–H groups in total. The number of hydrogen-bond donors (Lipinski definition) is 4. The number of carbonyl (C=O) groups is 4. The first-order valence-electron chi connectivity index (χ1n) is 10.5. The van der Waals surface area contributed by atoms with Crippen LogP contribution in [-0.2, 0) is 25.6 Å². The number of hydrogen-bond acceptors (Lipinski definition) is 5. The van der Waals surface area contributed by atoms with Crippen molar-refractivity contribution in [1.82, 2.24) is 15.5 Å². The largest absolute Gasteiger partial charge is 0.480 e. The van der Waals surface area contributed by atoms with Crippen molar-refractivity contribution in [2.45, 2.75) is 64.2 Å². The number of carbonyl (C=O) groups excluding carboxylic acids is 3. The van der Waals surface area contributed by atoms with Gasteiger partial charge in [-0.15, -0.1) is 0 Å². The SMILES string of the molecule is CC(C)[C@H](N)C(=O)N1CCC[C@H]1C(=O)N[C@@H](C)C(=O)N[C@@H](Cc1ccccc1)C(=O)O. The van der Waals surface area contributed by atoms with Gasteiger partial charge in [0.15, 0.2) is 0 Å². The van der Waals surface area contributed by atoms with Gasteiger partial charge in [-0.2, -0.15) is 0 Å². The molecule has 0 spiro atoms. The number of aliphatic carboxylic acids is 1. The topological polar surface area (TPSA) is 142 Å². The van der Waals surface area contributed by atoms with Crippen LogP contribution in [0.15, 0.2) is 30.3 Å². The van der Waals surface area contributed by atoms with Crippen molar-refractivity contribution in [3.05, 3.63) is 35.9 Å². The van der Waals surface area contributed by atoms with Gasteiger partial charge in [-0.05, 0) is 31.2 Å². The molecule has 170 valence electrons. The second-order valence-corrected chi connectivity index (χ2v) is 8.28. The van der Waals surface area contributed by atoms with Gasteiger partial charge < -0.3 is 26.4 Å². The lowest BCUT2D eigenvalue weighted by molar-refractivity contribution is -0.143. The van der Waals surface area contributed by atoms with Gasteiger partial charge in [0.2, 0.25) is 17.7 Å². The molecule has 0 bridgehead atoms. The Labute approximate surface area is 182 Å². The summed E-state index contributed by atoms with van der Waals surface area (Å²) in [5.74, 6) is -2.55. The quantitative estimate of drug-likeness (QED) is 0.441. The minimum atomic E-state index is -1.16. The third kappa shape index (κ3) is 6.52. The van der Waals surface area contributed by atoms with E-state index in [4.69, 9.17) is 5.73 Å². The average Bonchev–Trinajstić information content (AvgIpc) is 3.22. The molecular formula is C22H32N4O5. The number of carboxylic acid groups (broad SMARTS) is 1. The lowest BCUT2D eigenvalue weighted by Crippen LogP contribution is -2.56. The molecule has 0 aliphatic carbocycles. The highest BCUT2D eigenvalue weighted by Gasteiger charge is 2.37. The lowest BCUT2D eigenvalue weighted by atomic mass is 10.0. The number of rotatable bonds is 9. The zero-order valence-corrected chi connectivity index (χ0v) is 18.2. The Hall–Kier alpha value is -2.94. The fraction of sp³-hybridized carbons (Fsp3) is 0.545. The number of carboxylic acids is 1. The fourth-order valence-corrected chi connectivity index (χ4v) is 3.50. The average molecular weight is 433 g/mol. The number of nitrogens with two attached hydrogens (primary N) is 1. The van der Waals surface area contributed by atoms with Crippen LogP contribution in [0.2, 0.25) is 0 Å². The number of benzene rings is 1. The van der Waals surface area contributed by atoms with Crippen LogP contribution in [0.25, 0.3) is 0 Å². The number of amides is 3. The van der Waals surface area contributed by atoms with E-state index in [0.717, 1.165) is 5.56 Å². The predicted molar refractivity (Wildman–Crippen MR) is 115 cm³/mol. The van der Waals surface area contributed by atoms with E-state index in [1.165, 1.54) is 11.8 Å². The lowest BCUT2D eigenvalue weighted by Gasteiger charge is -2.29. The summed E-state index contributed by atoms with van der Waals surface area (Å²) >= 11 is 0. The van der Waals surface area contributed by atoms with Gasteiger partial charge >= 0.3 is 5.97 Å². The van der Waals surface area contributed by atoms with Crippen LogP contribution in [-0.4, -0.2) is 64.4 Å². The standard InChI is InChI=1S/C22H32N4O5/c1-13(2)18(23)21(29)26-11-7-10-17(26)20(28)24-14(3)19(27)25-16(22(30)31)12-15-8-5-4-6-9-15/h4-6,8-9,13-14,16-18H,7,10-12,23H2,1-3H3,(H,24,28)(H,25,27)(H,30,31)/t14-,16-,17-,18-/m0/s1. The molecule has 0 saturated carbocycles. The van der Waals surface area contributed by atoms with Crippen molar-refractivity contribution in [1.29, 1.82) is 0 Å². The molecule has 1 heterocycles. The molecule has 1 aliphatic heterocycles. The van der Waals surface area contributed by atoms with Crippen molar-refractivity contribution in [2.24, 2.45) is 11.7 Å². The van der Waals surface area contributed by atoms with Gasteiger partial charge in [0.25, 0.3) is 0 Å². The Morgan fingerprint density at radius 1 is 1.13 bits per heavy atom. The van der Waals surface area contributed by atoms with Crippen LogP contribution in [0.5, 0.6) is 0 Å².